The molecule has 0 radical (unpaired) electrons. The lowest BCUT2D eigenvalue weighted by Crippen LogP contribution is -2.36. The number of fused-ring (bicyclic) bond motifs is 1. The van der Waals surface area contributed by atoms with Crippen LogP contribution in [0.25, 0.3) is 0 Å². The maximum atomic E-state index is 12.9. The molecule has 0 spiro atoms. The van der Waals surface area contributed by atoms with E-state index < -0.39 is 0 Å². The van der Waals surface area contributed by atoms with Gasteiger partial charge in [0.05, 0.1) is 17.9 Å². The molecule has 0 aliphatic carbocycles. The highest BCUT2D eigenvalue weighted by atomic mass is 16.5. The van der Waals surface area contributed by atoms with Crippen molar-refractivity contribution in [1.82, 2.24) is 14.9 Å². The van der Waals surface area contributed by atoms with E-state index in [1.54, 1.807) is 17.2 Å². The van der Waals surface area contributed by atoms with E-state index in [0.29, 0.717) is 37.7 Å². The summed E-state index contributed by atoms with van der Waals surface area (Å²) < 4.78 is 5.47. The standard InChI is InChI=1S/C20H25N3O4/c1-4-7-27-20-21-10-13-11-23(6-5-16(13)22-20)19(26)15-8-14(12(2)3)17(24)9-18(15)25/h8-10,12,24-25H,4-7,11H2,1-3H3. The van der Waals surface area contributed by atoms with E-state index in [4.69, 9.17) is 4.74 Å². The third kappa shape index (κ3) is 3.97. The van der Waals surface area contributed by atoms with Crippen molar-refractivity contribution < 1.29 is 19.7 Å². The van der Waals surface area contributed by atoms with Gasteiger partial charge in [0.25, 0.3) is 5.91 Å². The molecule has 0 bridgehead atoms. The molecule has 2 heterocycles. The normalized spacial score (nSPS) is 13.6. The molecule has 0 atom stereocenters. The van der Waals surface area contributed by atoms with Gasteiger partial charge in [0.15, 0.2) is 0 Å². The average molecular weight is 371 g/mol. The molecular formula is C20H25N3O4. The number of hydrogen-bond donors (Lipinski definition) is 2. The van der Waals surface area contributed by atoms with Crippen LogP contribution in [0.15, 0.2) is 18.3 Å². The van der Waals surface area contributed by atoms with Gasteiger partial charge < -0.3 is 19.8 Å². The number of amides is 1. The predicted molar refractivity (Wildman–Crippen MR) is 100 cm³/mol. The van der Waals surface area contributed by atoms with Gasteiger partial charge in [0, 0.05) is 37.3 Å². The molecule has 2 aromatic rings. The second-order valence-corrected chi connectivity index (χ2v) is 7.03. The molecule has 1 aliphatic heterocycles. The third-order valence-electron chi connectivity index (χ3n) is 4.63. The molecule has 0 unspecified atom stereocenters. The molecule has 1 aliphatic rings. The SMILES string of the molecule is CCCOc1ncc2c(n1)CCN(C(=O)c1cc(C(C)C)c(O)cc1O)C2. The molecule has 0 fully saturated rings. The number of carbonyl (C=O) groups excluding carboxylic acids is 1. The molecule has 7 nitrogen and oxygen atoms in total. The van der Waals surface area contributed by atoms with E-state index in [1.807, 2.05) is 20.8 Å². The first-order valence-electron chi connectivity index (χ1n) is 9.23. The number of nitrogens with zero attached hydrogens (tertiary/aromatic N) is 3. The van der Waals surface area contributed by atoms with E-state index in [1.165, 1.54) is 6.07 Å². The number of ether oxygens (including phenoxy) is 1. The number of hydrogen-bond acceptors (Lipinski definition) is 6. The van der Waals surface area contributed by atoms with Crippen LogP contribution in [-0.4, -0.2) is 44.1 Å². The van der Waals surface area contributed by atoms with Gasteiger partial charge in [-0.2, -0.15) is 4.98 Å². The lowest BCUT2D eigenvalue weighted by molar-refractivity contribution is 0.0729. The summed E-state index contributed by atoms with van der Waals surface area (Å²) in [6, 6.07) is 3.18. The van der Waals surface area contributed by atoms with Gasteiger partial charge in [0.1, 0.15) is 11.5 Å². The van der Waals surface area contributed by atoms with Crippen molar-refractivity contribution in [3.63, 3.8) is 0 Å². The monoisotopic (exact) mass is 371 g/mol. The number of phenolic OH excluding ortho intramolecular Hbond substituents is 2. The van der Waals surface area contributed by atoms with E-state index in [9.17, 15) is 15.0 Å². The van der Waals surface area contributed by atoms with Crippen LogP contribution in [0.2, 0.25) is 0 Å². The lowest BCUT2D eigenvalue weighted by atomic mass is 9.97. The minimum absolute atomic E-state index is 0.00366. The van der Waals surface area contributed by atoms with Crippen LogP contribution in [-0.2, 0) is 13.0 Å². The van der Waals surface area contributed by atoms with Gasteiger partial charge in [-0.1, -0.05) is 20.8 Å². The van der Waals surface area contributed by atoms with Crippen molar-refractivity contribution in [3.8, 4) is 17.5 Å². The number of phenols is 2. The summed E-state index contributed by atoms with van der Waals surface area (Å²) in [7, 11) is 0. The van der Waals surface area contributed by atoms with Crippen molar-refractivity contribution in [3.05, 3.63) is 40.7 Å². The van der Waals surface area contributed by atoms with Gasteiger partial charge in [-0.25, -0.2) is 4.98 Å². The van der Waals surface area contributed by atoms with Crippen molar-refractivity contribution in [1.29, 1.82) is 0 Å². The number of aromatic nitrogens is 2. The predicted octanol–water partition coefficient (Wildman–Crippen LogP) is 3.00. The lowest BCUT2D eigenvalue weighted by Gasteiger charge is -2.28. The van der Waals surface area contributed by atoms with Gasteiger partial charge in [-0.15, -0.1) is 0 Å². The molecule has 0 saturated heterocycles. The Bertz CT molecular complexity index is 851. The number of rotatable bonds is 5. The molecule has 1 aromatic heterocycles. The van der Waals surface area contributed by atoms with Crippen LogP contribution in [0.1, 0.15) is 60.3 Å². The number of benzene rings is 1. The molecule has 27 heavy (non-hydrogen) atoms. The fourth-order valence-electron chi connectivity index (χ4n) is 3.13. The van der Waals surface area contributed by atoms with Gasteiger partial charge in [0.2, 0.25) is 0 Å². The van der Waals surface area contributed by atoms with Crippen LogP contribution in [0, 0.1) is 0 Å². The van der Waals surface area contributed by atoms with Crippen LogP contribution in [0.3, 0.4) is 0 Å². The summed E-state index contributed by atoms with van der Waals surface area (Å²) in [6.45, 7) is 7.31. The van der Waals surface area contributed by atoms with Crippen LogP contribution < -0.4 is 4.74 Å². The van der Waals surface area contributed by atoms with E-state index >= 15 is 0 Å². The third-order valence-corrected chi connectivity index (χ3v) is 4.63. The quantitative estimate of drug-likeness (QED) is 0.839. The van der Waals surface area contributed by atoms with E-state index in [0.717, 1.165) is 17.7 Å². The van der Waals surface area contributed by atoms with Crippen molar-refractivity contribution in [2.45, 2.75) is 46.1 Å². The summed E-state index contributed by atoms with van der Waals surface area (Å²) in [5, 5.41) is 20.1. The van der Waals surface area contributed by atoms with Crippen LogP contribution in [0.4, 0.5) is 0 Å². The minimum atomic E-state index is -0.272. The summed E-state index contributed by atoms with van der Waals surface area (Å²) in [4.78, 5) is 23.2. The summed E-state index contributed by atoms with van der Waals surface area (Å²) in [5.74, 6) is -0.455. The fraction of sp³-hybridized carbons (Fsp3) is 0.450. The Labute approximate surface area is 158 Å². The first-order valence-corrected chi connectivity index (χ1v) is 9.23. The zero-order chi connectivity index (χ0) is 19.6. The number of carbonyl (C=O) groups is 1. The second-order valence-electron chi connectivity index (χ2n) is 7.03. The molecule has 1 aromatic carbocycles. The number of aromatic hydroxyl groups is 2. The first kappa shape index (κ1) is 18.9. The highest BCUT2D eigenvalue weighted by Gasteiger charge is 2.26. The zero-order valence-corrected chi connectivity index (χ0v) is 15.9. The fourth-order valence-corrected chi connectivity index (χ4v) is 3.13. The minimum Gasteiger partial charge on any atom is -0.508 e. The zero-order valence-electron chi connectivity index (χ0n) is 15.9. The van der Waals surface area contributed by atoms with Crippen LogP contribution >= 0.6 is 0 Å². The van der Waals surface area contributed by atoms with E-state index in [-0.39, 0.29) is 28.9 Å². The first-order chi connectivity index (χ1) is 12.9. The Kier molecular flexibility index (Phi) is 5.48. The molecule has 2 N–H and O–H groups in total. The molecule has 144 valence electrons. The van der Waals surface area contributed by atoms with Crippen molar-refractivity contribution >= 4 is 5.91 Å². The maximum Gasteiger partial charge on any atom is 0.316 e. The Morgan fingerprint density at radius 2 is 2.07 bits per heavy atom. The van der Waals surface area contributed by atoms with Gasteiger partial charge >= 0.3 is 6.01 Å². The largest absolute Gasteiger partial charge is 0.508 e. The molecule has 7 heteroatoms. The van der Waals surface area contributed by atoms with Crippen molar-refractivity contribution in [2.75, 3.05) is 13.2 Å². The summed E-state index contributed by atoms with van der Waals surface area (Å²) in [6.07, 6.45) is 3.18. The Hall–Kier alpha value is -2.83. The molecule has 1 amide bonds. The maximum absolute atomic E-state index is 12.9. The van der Waals surface area contributed by atoms with Gasteiger partial charge in [-0.05, 0) is 24.0 Å². The van der Waals surface area contributed by atoms with Gasteiger partial charge in [-0.3, -0.25) is 4.79 Å². The second kappa shape index (κ2) is 7.82. The summed E-state index contributed by atoms with van der Waals surface area (Å²) in [5.41, 5.74) is 2.59. The highest BCUT2D eigenvalue weighted by Crippen LogP contribution is 2.33. The highest BCUT2D eigenvalue weighted by molar-refractivity contribution is 5.97. The smallest absolute Gasteiger partial charge is 0.316 e. The summed E-state index contributed by atoms with van der Waals surface area (Å²) >= 11 is 0. The molecule has 3 rings (SSSR count). The Morgan fingerprint density at radius 1 is 1.30 bits per heavy atom. The Morgan fingerprint density at radius 3 is 2.78 bits per heavy atom. The average Bonchev–Trinajstić information content (AvgIpc) is 2.65. The molecular weight excluding hydrogens is 346 g/mol. The topological polar surface area (TPSA) is 95.8 Å². The van der Waals surface area contributed by atoms with Crippen molar-refractivity contribution in [2.24, 2.45) is 0 Å². The van der Waals surface area contributed by atoms with Crippen LogP contribution in [0.5, 0.6) is 17.5 Å². The van der Waals surface area contributed by atoms with E-state index in [2.05, 4.69) is 9.97 Å². The molecule has 0 saturated carbocycles. The Balaban J connectivity index is 1.81.